The summed E-state index contributed by atoms with van der Waals surface area (Å²) in [5, 5.41) is 3.05. The highest BCUT2D eigenvalue weighted by molar-refractivity contribution is 5.78. The van der Waals surface area contributed by atoms with Crippen LogP contribution in [0.2, 0.25) is 0 Å². The molecule has 2 aromatic heterocycles. The smallest absolute Gasteiger partial charge is 0.226 e. The number of likely N-dealkylation sites (tertiary alicyclic amines) is 1. The van der Waals surface area contributed by atoms with Gasteiger partial charge in [0.2, 0.25) is 11.8 Å². The van der Waals surface area contributed by atoms with Gasteiger partial charge < -0.3 is 9.73 Å². The van der Waals surface area contributed by atoms with Gasteiger partial charge in [-0.15, -0.1) is 0 Å². The number of oxazole rings is 1. The Morgan fingerprint density at radius 1 is 1.16 bits per heavy atom. The molecule has 31 heavy (non-hydrogen) atoms. The molecule has 0 aliphatic carbocycles. The number of piperidine rings is 1. The Morgan fingerprint density at radius 2 is 1.94 bits per heavy atom. The van der Waals surface area contributed by atoms with Crippen LogP contribution in [0.5, 0.6) is 0 Å². The first-order valence-electron chi connectivity index (χ1n) is 11.1. The second kappa shape index (κ2) is 9.88. The lowest BCUT2D eigenvalue weighted by molar-refractivity contribution is -0.126. The topological polar surface area (TPSA) is 71.3 Å². The highest BCUT2D eigenvalue weighted by Gasteiger charge is 2.26. The van der Waals surface area contributed by atoms with E-state index < -0.39 is 0 Å². The van der Waals surface area contributed by atoms with Crippen molar-refractivity contribution in [2.75, 3.05) is 13.1 Å². The molecule has 6 nitrogen and oxygen atoms in total. The van der Waals surface area contributed by atoms with Crippen LogP contribution < -0.4 is 5.32 Å². The molecule has 1 aromatic carbocycles. The van der Waals surface area contributed by atoms with E-state index in [-0.39, 0.29) is 11.8 Å². The summed E-state index contributed by atoms with van der Waals surface area (Å²) in [6.45, 7) is 7.19. The van der Waals surface area contributed by atoms with Crippen LogP contribution in [0.15, 0.2) is 53.2 Å². The molecular weight excluding hydrogens is 388 g/mol. The van der Waals surface area contributed by atoms with E-state index in [2.05, 4.69) is 46.4 Å². The third kappa shape index (κ3) is 5.39. The molecule has 0 unspecified atom stereocenters. The van der Waals surface area contributed by atoms with Crippen LogP contribution in [-0.4, -0.2) is 33.9 Å². The Balaban J connectivity index is 1.28. The normalized spacial score (nSPS) is 15.2. The first-order chi connectivity index (χ1) is 15.1. The van der Waals surface area contributed by atoms with E-state index in [1.54, 1.807) is 12.4 Å². The lowest BCUT2D eigenvalue weighted by atomic mass is 9.95. The van der Waals surface area contributed by atoms with Crippen LogP contribution in [0.1, 0.15) is 42.3 Å². The number of nitrogens with zero attached hydrogens (tertiary/aromatic N) is 3. The average Bonchev–Trinajstić information content (AvgIpc) is 3.18. The van der Waals surface area contributed by atoms with Crippen LogP contribution in [-0.2, 0) is 24.3 Å². The number of hydrogen-bond acceptors (Lipinski definition) is 5. The van der Waals surface area contributed by atoms with Gasteiger partial charge in [0.05, 0.1) is 5.69 Å². The van der Waals surface area contributed by atoms with E-state index >= 15 is 0 Å². The maximum absolute atomic E-state index is 12.5. The fraction of sp³-hybridized carbons (Fsp3) is 0.400. The van der Waals surface area contributed by atoms with Crippen LogP contribution in [0.4, 0.5) is 0 Å². The summed E-state index contributed by atoms with van der Waals surface area (Å²) in [4.78, 5) is 23.7. The van der Waals surface area contributed by atoms with Crippen LogP contribution in [0.3, 0.4) is 0 Å². The Morgan fingerprint density at radius 3 is 2.61 bits per heavy atom. The van der Waals surface area contributed by atoms with Gasteiger partial charge in [-0.1, -0.05) is 25.1 Å². The van der Waals surface area contributed by atoms with Crippen molar-refractivity contribution >= 4 is 5.91 Å². The van der Waals surface area contributed by atoms with E-state index in [1.807, 2.05) is 19.1 Å². The zero-order chi connectivity index (χ0) is 21.6. The van der Waals surface area contributed by atoms with Crippen LogP contribution in [0, 0.1) is 12.8 Å². The number of rotatable bonds is 7. The number of amides is 1. The van der Waals surface area contributed by atoms with E-state index in [9.17, 15) is 4.79 Å². The molecule has 0 spiro atoms. The molecule has 162 valence electrons. The predicted molar refractivity (Wildman–Crippen MR) is 120 cm³/mol. The summed E-state index contributed by atoms with van der Waals surface area (Å²) in [6, 6.07) is 12.3. The summed E-state index contributed by atoms with van der Waals surface area (Å²) >= 11 is 0. The molecule has 1 aliphatic heterocycles. The Bertz CT molecular complexity index is 990. The van der Waals surface area contributed by atoms with Crippen molar-refractivity contribution in [3.05, 3.63) is 71.4 Å². The molecule has 0 atom stereocenters. The van der Waals surface area contributed by atoms with Gasteiger partial charge in [-0.3, -0.25) is 14.7 Å². The molecule has 6 heteroatoms. The standard InChI is InChI=1S/C25H30N4O2/c1-3-19-6-8-22(9-7-19)25-28-23(18(2)31-25)17-29-13-10-21(11-14-29)24(30)27-16-20-5-4-12-26-15-20/h4-9,12,15,21H,3,10-11,13-14,16-17H2,1-2H3,(H,27,30). The van der Waals surface area contributed by atoms with E-state index in [1.165, 1.54) is 5.56 Å². The molecule has 0 radical (unpaired) electrons. The largest absolute Gasteiger partial charge is 0.441 e. The molecule has 1 fully saturated rings. The Labute approximate surface area is 183 Å². The highest BCUT2D eigenvalue weighted by atomic mass is 16.4. The minimum atomic E-state index is 0.0685. The van der Waals surface area contributed by atoms with Gasteiger partial charge in [-0.2, -0.15) is 0 Å². The summed E-state index contributed by atoms with van der Waals surface area (Å²) in [7, 11) is 0. The SMILES string of the molecule is CCc1ccc(-c2nc(CN3CCC(C(=O)NCc4cccnc4)CC3)c(C)o2)cc1. The van der Waals surface area contributed by atoms with Crippen LogP contribution in [0.25, 0.3) is 11.5 Å². The first kappa shape index (κ1) is 21.2. The molecule has 1 N–H and O–H groups in total. The third-order valence-electron chi connectivity index (χ3n) is 6.02. The van der Waals surface area contributed by atoms with Gasteiger partial charge in [0.15, 0.2) is 0 Å². The first-order valence-corrected chi connectivity index (χ1v) is 11.1. The van der Waals surface area contributed by atoms with Crippen molar-refractivity contribution in [3.8, 4) is 11.5 Å². The molecule has 1 amide bonds. The summed E-state index contributed by atoms with van der Waals surface area (Å²) in [6.07, 6.45) is 6.27. The van der Waals surface area contributed by atoms with Crippen molar-refractivity contribution in [1.82, 2.24) is 20.2 Å². The van der Waals surface area contributed by atoms with E-state index in [0.717, 1.165) is 61.5 Å². The molecule has 3 aromatic rings. The zero-order valence-corrected chi connectivity index (χ0v) is 18.3. The predicted octanol–water partition coefficient (Wildman–Crippen LogP) is 4.14. The second-order valence-electron chi connectivity index (χ2n) is 8.20. The Kier molecular flexibility index (Phi) is 6.77. The van der Waals surface area contributed by atoms with E-state index in [0.29, 0.717) is 12.4 Å². The number of carbonyl (C=O) groups excluding carboxylic acids is 1. The maximum atomic E-state index is 12.5. The fourth-order valence-electron chi connectivity index (χ4n) is 3.98. The van der Waals surface area contributed by atoms with Gasteiger partial charge in [0.25, 0.3) is 0 Å². The summed E-state index contributed by atoms with van der Waals surface area (Å²) in [5.74, 6) is 1.75. The third-order valence-corrected chi connectivity index (χ3v) is 6.02. The monoisotopic (exact) mass is 418 g/mol. The Hall–Kier alpha value is -2.99. The number of aryl methyl sites for hydroxylation is 2. The molecule has 1 saturated heterocycles. The van der Waals surface area contributed by atoms with Crippen molar-refractivity contribution in [3.63, 3.8) is 0 Å². The molecule has 3 heterocycles. The summed E-state index contributed by atoms with van der Waals surface area (Å²) in [5.41, 5.74) is 4.32. The average molecular weight is 419 g/mol. The maximum Gasteiger partial charge on any atom is 0.226 e. The van der Waals surface area contributed by atoms with Crippen molar-refractivity contribution in [2.24, 2.45) is 5.92 Å². The number of carbonyl (C=O) groups is 1. The van der Waals surface area contributed by atoms with Crippen molar-refractivity contribution in [2.45, 2.75) is 46.2 Å². The number of hydrogen-bond donors (Lipinski definition) is 1. The number of aromatic nitrogens is 2. The number of benzene rings is 1. The van der Waals surface area contributed by atoms with Crippen LogP contribution >= 0.6 is 0 Å². The molecule has 1 aliphatic rings. The van der Waals surface area contributed by atoms with Crippen molar-refractivity contribution < 1.29 is 9.21 Å². The quantitative estimate of drug-likeness (QED) is 0.624. The molecule has 0 bridgehead atoms. The van der Waals surface area contributed by atoms with Crippen molar-refractivity contribution in [1.29, 1.82) is 0 Å². The zero-order valence-electron chi connectivity index (χ0n) is 18.3. The number of nitrogens with one attached hydrogen (secondary N) is 1. The molecule has 4 rings (SSSR count). The summed E-state index contributed by atoms with van der Waals surface area (Å²) < 4.78 is 5.94. The molecular formula is C25H30N4O2. The van der Waals surface area contributed by atoms with Gasteiger partial charge >= 0.3 is 0 Å². The van der Waals surface area contributed by atoms with E-state index in [4.69, 9.17) is 9.40 Å². The lowest BCUT2D eigenvalue weighted by Crippen LogP contribution is -2.40. The van der Waals surface area contributed by atoms with Gasteiger partial charge in [-0.25, -0.2) is 4.98 Å². The second-order valence-corrected chi connectivity index (χ2v) is 8.20. The van der Waals surface area contributed by atoms with Gasteiger partial charge in [-0.05, 0) is 68.6 Å². The van der Waals surface area contributed by atoms with Gasteiger partial charge in [0.1, 0.15) is 5.76 Å². The minimum Gasteiger partial charge on any atom is -0.441 e. The number of pyridine rings is 1. The van der Waals surface area contributed by atoms with Gasteiger partial charge in [0, 0.05) is 37.0 Å². The minimum absolute atomic E-state index is 0.0685. The highest BCUT2D eigenvalue weighted by Crippen LogP contribution is 2.25. The molecule has 0 saturated carbocycles. The lowest BCUT2D eigenvalue weighted by Gasteiger charge is -2.30. The fourth-order valence-corrected chi connectivity index (χ4v) is 3.98.